The maximum absolute atomic E-state index is 6.32. The molecule has 0 fully saturated rings. The lowest BCUT2D eigenvalue weighted by atomic mass is 10.2. The Labute approximate surface area is 169 Å². The summed E-state index contributed by atoms with van der Waals surface area (Å²) in [7, 11) is 0. The van der Waals surface area contributed by atoms with E-state index in [0.717, 1.165) is 16.5 Å². The quantitative estimate of drug-likeness (QED) is 0.342. The van der Waals surface area contributed by atoms with Gasteiger partial charge in [-0.05, 0) is 24.3 Å². The zero-order valence-electron chi connectivity index (χ0n) is 14.5. The Morgan fingerprint density at radius 2 is 1.86 bits per heavy atom. The Balaban J connectivity index is 1.29. The van der Waals surface area contributed by atoms with Crippen molar-refractivity contribution in [2.45, 2.75) is 17.1 Å². The van der Waals surface area contributed by atoms with E-state index in [2.05, 4.69) is 15.2 Å². The minimum atomic E-state index is -0.428. The van der Waals surface area contributed by atoms with Crippen molar-refractivity contribution < 1.29 is 13.9 Å². The van der Waals surface area contributed by atoms with E-state index < -0.39 is 6.10 Å². The molecule has 0 aliphatic carbocycles. The highest BCUT2D eigenvalue weighted by atomic mass is 35.5. The predicted octanol–water partition coefficient (Wildman–Crippen LogP) is 5.08. The van der Waals surface area contributed by atoms with Crippen LogP contribution in [-0.4, -0.2) is 21.8 Å². The molecule has 140 valence electrons. The summed E-state index contributed by atoms with van der Waals surface area (Å²) in [5.74, 6) is 2.34. The van der Waals surface area contributed by atoms with Crippen molar-refractivity contribution in [2.75, 3.05) is 6.61 Å². The maximum atomic E-state index is 6.32. The molecule has 0 unspecified atom stereocenters. The Morgan fingerprint density at radius 1 is 1.04 bits per heavy atom. The fourth-order valence-electron chi connectivity index (χ4n) is 2.93. The first-order valence-corrected chi connectivity index (χ1v) is 10.0. The van der Waals surface area contributed by atoms with Crippen LogP contribution in [0.5, 0.6) is 11.5 Å². The number of aromatic nitrogens is 3. The van der Waals surface area contributed by atoms with Crippen molar-refractivity contribution in [3.8, 4) is 11.5 Å². The summed E-state index contributed by atoms with van der Waals surface area (Å²) >= 11 is 7.72. The highest BCUT2D eigenvalue weighted by Crippen LogP contribution is 2.36. The summed E-state index contributed by atoms with van der Waals surface area (Å²) < 4.78 is 17.4. The van der Waals surface area contributed by atoms with Gasteiger partial charge < -0.3 is 13.9 Å². The summed E-state index contributed by atoms with van der Waals surface area (Å²) in [6.45, 7) is 0.323. The van der Waals surface area contributed by atoms with Gasteiger partial charge in [0.1, 0.15) is 11.8 Å². The zero-order valence-corrected chi connectivity index (χ0v) is 16.1. The molecule has 8 heteroatoms. The van der Waals surface area contributed by atoms with Crippen LogP contribution in [0.1, 0.15) is 17.6 Å². The molecule has 1 aliphatic rings. The molecule has 6 nitrogen and oxygen atoms in total. The van der Waals surface area contributed by atoms with E-state index in [1.807, 2.05) is 54.6 Å². The smallest absolute Gasteiger partial charge is 0.277 e. The highest BCUT2D eigenvalue weighted by molar-refractivity contribution is 7.98. The SMILES string of the molecule is Clc1nc2ccccc2cc1CSc1nnc([C@@H]2COc3ccccc3O2)o1. The Bertz CT molecular complexity index is 1150. The predicted molar refractivity (Wildman–Crippen MR) is 106 cm³/mol. The average Bonchev–Trinajstić information content (AvgIpc) is 3.21. The summed E-state index contributed by atoms with van der Waals surface area (Å²) in [6, 6.07) is 17.4. The monoisotopic (exact) mass is 411 g/mol. The van der Waals surface area contributed by atoms with E-state index in [1.54, 1.807) is 0 Å². The van der Waals surface area contributed by atoms with Crippen LogP contribution in [0, 0.1) is 0 Å². The number of fused-ring (bicyclic) bond motifs is 2. The van der Waals surface area contributed by atoms with Crippen molar-refractivity contribution in [1.29, 1.82) is 0 Å². The standard InChI is InChI=1S/C20H14ClN3O3S/c21-18-13(9-12-5-1-2-6-14(12)22-18)11-28-20-24-23-19(27-20)17-10-25-15-7-3-4-8-16(15)26-17/h1-9,17H,10-11H2/t17-/m0/s1. The summed E-state index contributed by atoms with van der Waals surface area (Å²) in [4.78, 5) is 4.44. The lowest BCUT2D eigenvalue weighted by Gasteiger charge is -2.23. The number of hydrogen-bond donors (Lipinski definition) is 0. The molecule has 0 radical (unpaired) electrons. The molecule has 2 aromatic carbocycles. The molecule has 0 spiro atoms. The van der Waals surface area contributed by atoms with Gasteiger partial charge in [0.2, 0.25) is 6.10 Å². The Morgan fingerprint density at radius 3 is 2.79 bits per heavy atom. The largest absolute Gasteiger partial charge is 0.485 e. The van der Waals surface area contributed by atoms with Crippen LogP contribution in [0.15, 0.2) is 64.2 Å². The molecule has 1 atom stereocenters. The number of hydrogen-bond acceptors (Lipinski definition) is 7. The van der Waals surface area contributed by atoms with Crippen molar-refractivity contribution in [2.24, 2.45) is 0 Å². The lowest BCUT2D eigenvalue weighted by molar-refractivity contribution is 0.0686. The second-order valence-corrected chi connectivity index (χ2v) is 7.47. The minimum Gasteiger partial charge on any atom is -0.485 e. The molecular formula is C20H14ClN3O3S. The molecule has 0 amide bonds. The molecule has 0 bridgehead atoms. The third-order valence-electron chi connectivity index (χ3n) is 4.31. The van der Waals surface area contributed by atoms with E-state index in [0.29, 0.717) is 40.1 Å². The number of halogens is 1. The van der Waals surface area contributed by atoms with Crippen LogP contribution >= 0.6 is 23.4 Å². The molecule has 3 heterocycles. The van der Waals surface area contributed by atoms with Gasteiger partial charge in [-0.1, -0.05) is 53.7 Å². The van der Waals surface area contributed by atoms with Gasteiger partial charge in [-0.3, -0.25) is 0 Å². The summed E-state index contributed by atoms with van der Waals surface area (Å²) in [6.07, 6.45) is -0.428. The van der Waals surface area contributed by atoms with Gasteiger partial charge in [0.05, 0.1) is 5.52 Å². The van der Waals surface area contributed by atoms with E-state index in [4.69, 9.17) is 25.5 Å². The molecule has 4 aromatic rings. The van der Waals surface area contributed by atoms with Crippen LogP contribution in [0.25, 0.3) is 10.9 Å². The molecule has 28 heavy (non-hydrogen) atoms. The fraction of sp³-hybridized carbons (Fsp3) is 0.150. The second-order valence-electron chi connectivity index (χ2n) is 6.19. The van der Waals surface area contributed by atoms with Gasteiger partial charge >= 0.3 is 0 Å². The average molecular weight is 412 g/mol. The maximum Gasteiger partial charge on any atom is 0.277 e. The van der Waals surface area contributed by atoms with Crippen LogP contribution in [0.3, 0.4) is 0 Å². The number of nitrogens with zero attached hydrogens (tertiary/aromatic N) is 3. The molecule has 2 aromatic heterocycles. The van der Waals surface area contributed by atoms with Gasteiger partial charge in [-0.25, -0.2) is 4.98 Å². The van der Waals surface area contributed by atoms with E-state index >= 15 is 0 Å². The number of pyridine rings is 1. The van der Waals surface area contributed by atoms with E-state index in [-0.39, 0.29) is 0 Å². The van der Waals surface area contributed by atoms with E-state index in [1.165, 1.54) is 11.8 Å². The zero-order chi connectivity index (χ0) is 18.9. The number of benzene rings is 2. The second kappa shape index (κ2) is 7.33. The van der Waals surface area contributed by atoms with Gasteiger partial charge in [0, 0.05) is 16.7 Å². The Hall–Kier alpha value is -2.77. The number of ether oxygens (including phenoxy) is 2. The van der Waals surface area contributed by atoms with Crippen LogP contribution < -0.4 is 9.47 Å². The number of rotatable bonds is 4. The first kappa shape index (κ1) is 17.3. The first-order chi connectivity index (χ1) is 13.8. The molecule has 0 saturated heterocycles. The summed E-state index contributed by atoms with van der Waals surface area (Å²) in [5, 5.41) is 10.2. The molecule has 0 saturated carbocycles. The van der Waals surface area contributed by atoms with Crippen molar-refractivity contribution in [3.63, 3.8) is 0 Å². The van der Waals surface area contributed by atoms with Gasteiger partial charge in [-0.15, -0.1) is 10.2 Å². The molecular weight excluding hydrogens is 398 g/mol. The van der Waals surface area contributed by atoms with E-state index in [9.17, 15) is 0 Å². The van der Waals surface area contributed by atoms with Crippen LogP contribution in [-0.2, 0) is 5.75 Å². The molecule has 1 aliphatic heterocycles. The van der Waals surface area contributed by atoms with Crippen molar-refractivity contribution >= 4 is 34.3 Å². The fourth-order valence-corrected chi connectivity index (χ4v) is 3.96. The lowest BCUT2D eigenvalue weighted by Crippen LogP contribution is -2.21. The topological polar surface area (TPSA) is 70.3 Å². The van der Waals surface area contributed by atoms with Gasteiger partial charge in [0.15, 0.2) is 11.5 Å². The minimum absolute atomic E-state index is 0.323. The van der Waals surface area contributed by atoms with Gasteiger partial charge in [0.25, 0.3) is 11.1 Å². The van der Waals surface area contributed by atoms with Crippen molar-refractivity contribution in [3.05, 3.63) is 71.2 Å². The number of para-hydroxylation sites is 3. The van der Waals surface area contributed by atoms with Crippen molar-refractivity contribution in [1.82, 2.24) is 15.2 Å². The Kier molecular flexibility index (Phi) is 4.54. The third kappa shape index (κ3) is 3.39. The normalized spacial score (nSPS) is 15.7. The van der Waals surface area contributed by atoms with Crippen LogP contribution in [0.2, 0.25) is 5.15 Å². The van der Waals surface area contributed by atoms with Gasteiger partial charge in [-0.2, -0.15) is 0 Å². The molecule has 5 rings (SSSR count). The summed E-state index contributed by atoms with van der Waals surface area (Å²) in [5.41, 5.74) is 1.78. The third-order valence-corrected chi connectivity index (χ3v) is 5.50. The number of thioether (sulfide) groups is 1. The first-order valence-electron chi connectivity index (χ1n) is 8.65. The highest BCUT2D eigenvalue weighted by Gasteiger charge is 2.27. The van der Waals surface area contributed by atoms with Crippen LogP contribution in [0.4, 0.5) is 0 Å². The molecule has 0 N–H and O–H groups in total.